The summed E-state index contributed by atoms with van der Waals surface area (Å²) in [6, 6.07) is 18.5. The topological polar surface area (TPSA) is 86.2 Å². The number of methoxy groups -OCH3 is 1. The van der Waals surface area contributed by atoms with Crippen LogP contribution in [-0.4, -0.2) is 27.4 Å². The molecule has 0 saturated heterocycles. The molecule has 0 atom stereocenters. The molecular formula is C23H20N4O3S. The molecule has 0 saturated carbocycles. The first-order chi connectivity index (χ1) is 15.2. The average molecular weight is 433 g/mol. The largest absolute Gasteiger partial charge is 0.497 e. The van der Waals surface area contributed by atoms with Crippen LogP contribution in [0.5, 0.6) is 16.7 Å². The predicted octanol–water partition coefficient (Wildman–Crippen LogP) is 4.25. The summed E-state index contributed by atoms with van der Waals surface area (Å²) in [5.41, 5.74) is 2.54. The van der Waals surface area contributed by atoms with Gasteiger partial charge in [0.25, 0.3) is 11.1 Å². The van der Waals surface area contributed by atoms with E-state index < -0.39 is 0 Å². The number of ether oxygens (including phenoxy) is 2. The van der Waals surface area contributed by atoms with Gasteiger partial charge >= 0.3 is 0 Å². The van der Waals surface area contributed by atoms with Crippen molar-refractivity contribution in [2.75, 3.05) is 7.11 Å². The maximum atomic E-state index is 12.5. The Kier molecular flexibility index (Phi) is 6.49. The third kappa shape index (κ3) is 5.64. The fraction of sp³-hybridized carbons (Fsp3) is 0.130. The normalized spacial score (nSPS) is 10.5. The van der Waals surface area contributed by atoms with Gasteiger partial charge in [-0.1, -0.05) is 18.2 Å². The quantitative estimate of drug-likeness (QED) is 0.448. The van der Waals surface area contributed by atoms with Crippen LogP contribution in [-0.2, 0) is 13.0 Å². The number of benzene rings is 2. The number of aromatic nitrogens is 3. The molecule has 156 valence electrons. The highest BCUT2D eigenvalue weighted by Crippen LogP contribution is 2.25. The van der Waals surface area contributed by atoms with E-state index in [1.165, 1.54) is 11.5 Å². The maximum Gasteiger partial charge on any atom is 0.298 e. The summed E-state index contributed by atoms with van der Waals surface area (Å²) < 4.78 is 15.4. The van der Waals surface area contributed by atoms with Gasteiger partial charge in [0.2, 0.25) is 0 Å². The molecule has 8 heteroatoms. The Hall–Kier alpha value is -3.78. The standard InChI is InChI=1S/C23H20N4O3S/c1-29-19-6-2-4-17(12-19)13-21-26-23(31-27-21)30-20-7-3-5-18(14-20)22(28)25-15-16-8-10-24-11-9-16/h2-12,14H,13,15H2,1H3,(H,25,28). The lowest BCUT2D eigenvalue weighted by atomic mass is 10.1. The van der Waals surface area contributed by atoms with E-state index in [-0.39, 0.29) is 5.91 Å². The van der Waals surface area contributed by atoms with E-state index >= 15 is 0 Å². The van der Waals surface area contributed by atoms with E-state index in [1.807, 2.05) is 36.4 Å². The highest BCUT2D eigenvalue weighted by Gasteiger charge is 2.11. The number of pyridine rings is 1. The Balaban J connectivity index is 1.38. The van der Waals surface area contributed by atoms with Gasteiger partial charge in [-0.15, -0.1) is 0 Å². The molecule has 0 bridgehead atoms. The highest BCUT2D eigenvalue weighted by atomic mass is 32.1. The molecule has 0 fully saturated rings. The van der Waals surface area contributed by atoms with Gasteiger partial charge in [0.05, 0.1) is 7.11 Å². The Bertz CT molecular complexity index is 1160. The Morgan fingerprint density at radius 1 is 1.00 bits per heavy atom. The molecule has 2 heterocycles. The van der Waals surface area contributed by atoms with Crippen LogP contribution in [0, 0.1) is 0 Å². The summed E-state index contributed by atoms with van der Waals surface area (Å²) >= 11 is 1.17. The third-order valence-corrected chi connectivity index (χ3v) is 5.08. The summed E-state index contributed by atoms with van der Waals surface area (Å²) in [7, 11) is 1.64. The minimum Gasteiger partial charge on any atom is -0.497 e. The second-order valence-corrected chi connectivity index (χ2v) is 7.39. The molecule has 7 nitrogen and oxygen atoms in total. The number of nitrogens with one attached hydrogen (secondary N) is 1. The number of hydrogen-bond acceptors (Lipinski definition) is 7. The molecule has 4 aromatic rings. The zero-order valence-electron chi connectivity index (χ0n) is 16.8. The third-order valence-electron chi connectivity index (χ3n) is 4.45. The van der Waals surface area contributed by atoms with Crippen molar-refractivity contribution >= 4 is 17.4 Å². The molecule has 2 aromatic heterocycles. The van der Waals surface area contributed by atoms with Gasteiger partial charge in [0.1, 0.15) is 11.5 Å². The van der Waals surface area contributed by atoms with Crippen molar-refractivity contribution in [3.63, 3.8) is 0 Å². The van der Waals surface area contributed by atoms with Crippen molar-refractivity contribution < 1.29 is 14.3 Å². The van der Waals surface area contributed by atoms with Gasteiger partial charge in [-0.25, -0.2) is 0 Å². The lowest BCUT2D eigenvalue weighted by Crippen LogP contribution is -2.22. The molecule has 0 spiro atoms. The number of hydrogen-bond donors (Lipinski definition) is 1. The molecule has 31 heavy (non-hydrogen) atoms. The second-order valence-electron chi connectivity index (χ2n) is 6.67. The van der Waals surface area contributed by atoms with Crippen LogP contribution in [0.1, 0.15) is 27.3 Å². The molecule has 2 aromatic carbocycles. The zero-order chi connectivity index (χ0) is 21.5. The number of rotatable bonds is 8. The summed E-state index contributed by atoms with van der Waals surface area (Å²) in [5, 5.41) is 3.31. The molecule has 0 aliphatic rings. The van der Waals surface area contributed by atoms with Crippen LogP contribution in [0.3, 0.4) is 0 Å². The van der Waals surface area contributed by atoms with E-state index in [2.05, 4.69) is 19.7 Å². The average Bonchev–Trinajstić information content (AvgIpc) is 3.25. The van der Waals surface area contributed by atoms with Gasteiger partial charge < -0.3 is 14.8 Å². The van der Waals surface area contributed by atoms with Crippen LogP contribution in [0.2, 0.25) is 0 Å². The van der Waals surface area contributed by atoms with Crippen LogP contribution in [0.25, 0.3) is 0 Å². The molecular weight excluding hydrogens is 412 g/mol. The smallest absolute Gasteiger partial charge is 0.298 e. The number of amides is 1. The molecule has 1 N–H and O–H groups in total. The number of nitrogens with zero attached hydrogens (tertiary/aromatic N) is 3. The molecule has 0 unspecified atom stereocenters. The molecule has 0 aliphatic carbocycles. The molecule has 0 radical (unpaired) electrons. The first-order valence-electron chi connectivity index (χ1n) is 9.60. The summed E-state index contributed by atoms with van der Waals surface area (Å²) in [6.07, 6.45) is 3.97. The Morgan fingerprint density at radius 2 is 1.81 bits per heavy atom. The molecule has 0 aliphatic heterocycles. The van der Waals surface area contributed by atoms with E-state index in [0.29, 0.717) is 35.3 Å². The van der Waals surface area contributed by atoms with Crippen molar-refractivity contribution in [1.82, 2.24) is 19.7 Å². The molecule has 1 amide bonds. The highest BCUT2D eigenvalue weighted by molar-refractivity contribution is 7.07. The van der Waals surface area contributed by atoms with Crippen molar-refractivity contribution in [3.05, 3.63) is 95.6 Å². The van der Waals surface area contributed by atoms with E-state index in [4.69, 9.17) is 9.47 Å². The van der Waals surface area contributed by atoms with Crippen molar-refractivity contribution in [1.29, 1.82) is 0 Å². The van der Waals surface area contributed by atoms with E-state index in [9.17, 15) is 4.79 Å². The summed E-state index contributed by atoms with van der Waals surface area (Å²) in [6.45, 7) is 0.427. The van der Waals surface area contributed by atoms with Crippen LogP contribution >= 0.6 is 11.5 Å². The first-order valence-corrected chi connectivity index (χ1v) is 10.4. The first kappa shape index (κ1) is 20.5. The van der Waals surface area contributed by atoms with Gasteiger partial charge in [-0.05, 0) is 53.6 Å². The monoisotopic (exact) mass is 432 g/mol. The fourth-order valence-electron chi connectivity index (χ4n) is 2.90. The number of carbonyl (C=O) groups excluding carboxylic acids is 1. The summed E-state index contributed by atoms with van der Waals surface area (Å²) in [5.74, 6) is 1.81. The lowest BCUT2D eigenvalue weighted by Gasteiger charge is -2.07. The van der Waals surface area contributed by atoms with Gasteiger partial charge in [-0.3, -0.25) is 9.78 Å². The number of carbonyl (C=O) groups is 1. The van der Waals surface area contributed by atoms with E-state index in [0.717, 1.165) is 16.9 Å². The minimum absolute atomic E-state index is 0.182. The van der Waals surface area contributed by atoms with Crippen LogP contribution < -0.4 is 14.8 Å². The van der Waals surface area contributed by atoms with E-state index in [1.54, 1.807) is 43.8 Å². The van der Waals surface area contributed by atoms with Crippen molar-refractivity contribution in [2.24, 2.45) is 0 Å². The van der Waals surface area contributed by atoms with Gasteiger partial charge in [0, 0.05) is 42.5 Å². The fourth-order valence-corrected chi connectivity index (χ4v) is 3.47. The Morgan fingerprint density at radius 3 is 2.65 bits per heavy atom. The second kappa shape index (κ2) is 9.82. The van der Waals surface area contributed by atoms with Crippen LogP contribution in [0.4, 0.5) is 0 Å². The molecule has 4 rings (SSSR count). The summed E-state index contributed by atoms with van der Waals surface area (Å²) in [4.78, 5) is 20.9. The van der Waals surface area contributed by atoms with Crippen LogP contribution in [0.15, 0.2) is 73.1 Å². The Labute approximate surface area is 183 Å². The SMILES string of the molecule is COc1cccc(Cc2nsc(Oc3cccc(C(=O)NCc4ccncc4)c3)n2)c1. The maximum absolute atomic E-state index is 12.5. The van der Waals surface area contributed by atoms with Crippen molar-refractivity contribution in [3.8, 4) is 16.7 Å². The zero-order valence-corrected chi connectivity index (χ0v) is 17.6. The minimum atomic E-state index is -0.182. The van der Waals surface area contributed by atoms with Gasteiger partial charge in [-0.2, -0.15) is 9.36 Å². The van der Waals surface area contributed by atoms with Gasteiger partial charge in [0.15, 0.2) is 5.82 Å². The predicted molar refractivity (Wildman–Crippen MR) is 118 cm³/mol. The van der Waals surface area contributed by atoms with Crippen molar-refractivity contribution in [2.45, 2.75) is 13.0 Å². The lowest BCUT2D eigenvalue weighted by molar-refractivity contribution is 0.0950.